The fourth-order valence-corrected chi connectivity index (χ4v) is 1.89. The van der Waals surface area contributed by atoms with E-state index in [1.54, 1.807) is 17.5 Å². The quantitative estimate of drug-likeness (QED) is 0.831. The molecule has 2 rings (SSSR count). The van der Waals surface area contributed by atoms with Gasteiger partial charge >= 0.3 is 0 Å². The number of hydrogen-bond acceptors (Lipinski definition) is 4. The Kier molecular flexibility index (Phi) is 3.89. The van der Waals surface area contributed by atoms with E-state index in [2.05, 4.69) is 10.3 Å². The first-order valence-electron chi connectivity index (χ1n) is 4.92. The maximum absolute atomic E-state index is 5.57. The molecule has 2 aromatic rings. The Labute approximate surface area is 108 Å². The van der Waals surface area contributed by atoms with Crippen LogP contribution >= 0.6 is 23.6 Å². The third kappa shape index (κ3) is 3.69. The second-order valence-electron chi connectivity index (χ2n) is 3.23. The van der Waals surface area contributed by atoms with Crippen LogP contribution in [0.2, 0.25) is 0 Å². The van der Waals surface area contributed by atoms with E-state index in [4.69, 9.17) is 22.7 Å². The average Bonchev–Trinajstić information content (AvgIpc) is 2.80. The monoisotopic (exact) mass is 265 g/mol. The molecule has 1 heterocycles. The third-order valence-electron chi connectivity index (χ3n) is 1.97. The van der Waals surface area contributed by atoms with Crippen molar-refractivity contribution in [3.63, 3.8) is 0 Å². The molecule has 0 amide bonds. The number of nitrogens with zero attached hydrogens (tertiary/aromatic N) is 1. The first-order valence-corrected chi connectivity index (χ1v) is 6.20. The molecule has 88 valence electrons. The lowest BCUT2D eigenvalue weighted by Gasteiger charge is -2.06. The van der Waals surface area contributed by atoms with Crippen LogP contribution in [0.25, 0.3) is 0 Å². The summed E-state index contributed by atoms with van der Waals surface area (Å²) in [5.41, 5.74) is 6.21. The maximum atomic E-state index is 5.57. The summed E-state index contributed by atoms with van der Waals surface area (Å²) in [5.74, 6) is 0.786. The third-order valence-corrected chi connectivity index (χ3v) is 2.82. The van der Waals surface area contributed by atoms with Gasteiger partial charge in [-0.1, -0.05) is 0 Å². The normalized spacial score (nSPS) is 9.88. The van der Waals surface area contributed by atoms with Gasteiger partial charge in [0.1, 0.15) is 17.4 Å². The van der Waals surface area contributed by atoms with E-state index in [1.807, 2.05) is 29.6 Å². The topological polar surface area (TPSA) is 60.2 Å². The summed E-state index contributed by atoms with van der Waals surface area (Å²) in [7, 11) is 0. The lowest BCUT2D eigenvalue weighted by Crippen LogP contribution is -2.18. The van der Waals surface area contributed by atoms with Crippen LogP contribution in [0.3, 0.4) is 0 Å². The number of thiazole rings is 1. The number of nitrogens with two attached hydrogens (primary N) is 1. The summed E-state index contributed by atoms with van der Waals surface area (Å²) < 4.78 is 5.57. The zero-order chi connectivity index (χ0) is 12.1. The molecule has 0 bridgehead atoms. The van der Waals surface area contributed by atoms with Crippen LogP contribution in [0, 0.1) is 0 Å². The zero-order valence-corrected chi connectivity index (χ0v) is 10.6. The number of thiocarbonyl (C=S) groups is 1. The van der Waals surface area contributed by atoms with E-state index in [9.17, 15) is 0 Å². The van der Waals surface area contributed by atoms with Crippen molar-refractivity contribution < 1.29 is 4.74 Å². The zero-order valence-electron chi connectivity index (χ0n) is 8.92. The summed E-state index contributed by atoms with van der Waals surface area (Å²) in [5, 5.41) is 5.97. The van der Waals surface area contributed by atoms with Crippen molar-refractivity contribution in [3.8, 4) is 5.75 Å². The van der Waals surface area contributed by atoms with Gasteiger partial charge < -0.3 is 15.8 Å². The van der Waals surface area contributed by atoms with Crippen molar-refractivity contribution >= 4 is 34.4 Å². The number of benzene rings is 1. The van der Waals surface area contributed by atoms with E-state index in [-0.39, 0.29) is 5.11 Å². The Morgan fingerprint density at radius 1 is 1.41 bits per heavy atom. The molecular formula is C11H11N3OS2. The summed E-state index contributed by atoms with van der Waals surface area (Å²) >= 11 is 6.32. The van der Waals surface area contributed by atoms with Crippen molar-refractivity contribution in [2.75, 3.05) is 5.32 Å². The molecule has 0 saturated carbocycles. The molecule has 0 saturated heterocycles. The maximum Gasteiger partial charge on any atom is 0.168 e. The second-order valence-corrected chi connectivity index (χ2v) is 4.65. The average molecular weight is 265 g/mol. The van der Waals surface area contributed by atoms with Gasteiger partial charge in [0.25, 0.3) is 0 Å². The van der Waals surface area contributed by atoms with Crippen LogP contribution in [0.15, 0.2) is 35.8 Å². The van der Waals surface area contributed by atoms with Gasteiger partial charge in [-0.2, -0.15) is 0 Å². The Bertz CT molecular complexity index is 482. The predicted molar refractivity (Wildman–Crippen MR) is 73.3 cm³/mol. The molecule has 0 atom stereocenters. The largest absolute Gasteiger partial charge is 0.486 e. The first-order chi connectivity index (χ1) is 8.24. The van der Waals surface area contributed by atoms with E-state index >= 15 is 0 Å². The lowest BCUT2D eigenvalue weighted by molar-refractivity contribution is 0.305. The van der Waals surface area contributed by atoms with Gasteiger partial charge in [-0.3, -0.25) is 0 Å². The molecule has 0 spiro atoms. The number of anilines is 1. The number of aromatic nitrogens is 1. The molecule has 1 aromatic carbocycles. The van der Waals surface area contributed by atoms with Gasteiger partial charge in [0.15, 0.2) is 5.11 Å². The van der Waals surface area contributed by atoms with Crippen molar-refractivity contribution in [3.05, 3.63) is 40.8 Å². The van der Waals surface area contributed by atoms with Crippen molar-refractivity contribution in [2.45, 2.75) is 6.61 Å². The predicted octanol–water partition coefficient (Wildman–Crippen LogP) is 2.38. The SMILES string of the molecule is NC(=S)Nc1ccc(OCc2nccs2)cc1. The Hall–Kier alpha value is -1.66. The van der Waals surface area contributed by atoms with Gasteiger partial charge in [0, 0.05) is 17.3 Å². The smallest absolute Gasteiger partial charge is 0.168 e. The summed E-state index contributed by atoms with van der Waals surface area (Å²) in [4.78, 5) is 4.14. The number of nitrogens with one attached hydrogen (secondary N) is 1. The van der Waals surface area contributed by atoms with Crippen LogP contribution < -0.4 is 15.8 Å². The molecule has 0 unspecified atom stereocenters. The standard InChI is InChI=1S/C11H11N3OS2/c12-11(16)14-8-1-3-9(4-2-8)15-7-10-13-5-6-17-10/h1-6H,7H2,(H3,12,14,16). The molecule has 0 fully saturated rings. The first kappa shape index (κ1) is 11.8. The molecule has 4 nitrogen and oxygen atoms in total. The summed E-state index contributed by atoms with van der Waals surface area (Å²) in [6.07, 6.45) is 1.76. The minimum Gasteiger partial charge on any atom is -0.486 e. The summed E-state index contributed by atoms with van der Waals surface area (Å²) in [6.45, 7) is 0.486. The fourth-order valence-electron chi connectivity index (χ4n) is 1.25. The summed E-state index contributed by atoms with van der Waals surface area (Å²) in [6, 6.07) is 7.43. The van der Waals surface area contributed by atoms with Crippen molar-refractivity contribution in [1.82, 2.24) is 4.98 Å². The highest BCUT2D eigenvalue weighted by molar-refractivity contribution is 7.80. The van der Waals surface area contributed by atoms with E-state index < -0.39 is 0 Å². The van der Waals surface area contributed by atoms with Crippen molar-refractivity contribution in [1.29, 1.82) is 0 Å². The lowest BCUT2D eigenvalue weighted by atomic mass is 10.3. The molecule has 6 heteroatoms. The van der Waals surface area contributed by atoms with E-state index in [0.29, 0.717) is 6.61 Å². The van der Waals surface area contributed by atoms with Gasteiger partial charge in [0.2, 0.25) is 0 Å². The number of hydrogen-bond donors (Lipinski definition) is 2. The van der Waals surface area contributed by atoms with Gasteiger partial charge in [-0.25, -0.2) is 4.98 Å². The highest BCUT2D eigenvalue weighted by atomic mass is 32.1. The van der Waals surface area contributed by atoms with Crippen molar-refractivity contribution in [2.24, 2.45) is 5.73 Å². The van der Waals surface area contributed by atoms with E-state index in [1.165, 1.54) is 0 Å². The number of ether oxygens (including phenoxy) is 1. The molecule has 0 radical (unpaired) electrons. The minimum atomic E-state index is 0.251. The Balaban J connectivity index is 1.91. The molecular weight excluding hydrogens is 254 g/mol. The molecule has 3 N–H and O–H groups in total. The fraction of sp³-hybridized carbons (Fsp3) is 0.0909. The van der Waals surface area contributed by atoms with Crippen LogP contribution in [0.4, 0.5) is 5.69 Å². The van der Waals surface area contributed by atoms with Crippen LogP contribution in [0.1, 0.15) is 5.01 Å². The minimum absolute atomic E-state index is 0.251. The Morgan fingerprint density at radius 3 is 2.76 bits per heavy atom. The van der Waals surface area contributed by atoms with Crippen LogP contribution in [0.5, 0.6) is 5.75 Å². The molecule has 0 aliphatic carbocycles. The highest BCUT2D eigenvalue weighted by Crippen LogP contribution is 2.17. The van der Waals surface area contributed by atoms with Crippen LogP contribution in [-0.2, 0) is 6.61 Å². The van der Waals surface area contributed by atoms with Crippen LogP contribution in [-0.4, -0.2) is 10.1 Å². The molecule has 0 aliphatic heterocycles. The van der Waals surface area contributed by atoms with Gasteiger partial charge in [0.05, 0.1) is 0 Å². The molecule has 17 heavy (non-hydrogen) atoms. The van der Waals surface area contributed by atoms with Gasteiger partial charge in [-0.15, -0.1) is 11.3 Å². The Morgan fingerprint density at radius 2 is 2.18 bits per heavy atom. The molecule has 0 aliphatic rings. The molecule has 1 aromatic heterocycles. The highest BCUT2D eigenvalue weighted by Gasteiger charge is 1.98. The second kappa shape index (κ2) is 5.60. The van der Waals surface area contributed by atoms with Gasteiger partial charge in [-0.05, 0) is 36.5 Å². The number of rotatable bonds is 4. The van der Waals surface area contributed by atoms with E-state index in [0.717, 1.165) is 16.4 Å².